The van der Waals surface area contributed by atoms with E-state index in [9.17, 15) is 4.39 Å². The number of hydrogen-bond acceptors (Lipinski definition) is 4. The van der Waals surface area contributed by atoms with Crippen molar-refractivity contribution in [2.45, 2.75) is 13.8 Å². The van der Waals surface area contributed by atoms with Crippen LogP contribution in [-0.4, -0.2) is 8.75 Å². The Labute approximate surface area is 234 Å². The standard InChI is InChI=1S/C34H23FN2S2/c1-20-7-10-23(11-8-20)29-17-18-30(38-29)32-27-6-4-3-5-26(27)31(33-34(32)37-39-36-33)24-14-12-22(13-15-24)25-16-9-21(2)19-28(25)35/h3-19H,1-2H3. The van der Waals surface area contributed by atoms with Gasteiger partial charge in [-0.15, -0.1) is 11.3 Å². The number of halogens is 1. The second-order valence-corrected chi connectivity index (χ2v) is 11.5. The summed E-state index contributed by atoms with van der Waals surface area (Å²) in [5.74, 6) is -0.204. The van der Waals surface area contributed by atoms with Gasteiger partial charge in [0.2, 0.25) is 0 Å². The summed E-state index contributed by atoms with van der Waals surface area (Å²) in [6, 6.07) is 35.0. The Morgan fingerprint density at radius 3 is 1.87 bits per heavy atom. The van der Waals surface area contributed by atoms with Crippen molar-refractivity contribution < 1.29 is 4.39 Å². The van der Waals surface area contributed by atoms with Crippen molar-refractivity contribution in [2.75, 3.05) is 0 Å². The topological polar surface area (TPSA) is 25.8 Å². The van der Waals surface area contributed by atoms with Gasteiger partial charge >= 0.3 is 0 Å². The second-order valence-electron chi connectivity index (χ2n) is 9.85. The number of fused-ring (bicyclic) bond motifs is 2. The lowest BCUT2D eigenvalue weighted by Crippen LogP contribution is -1.90. The van der Waals surface area contributed by atoms with E-state index in [-0.39, 0.29) is 5.82 Å². The van der Waals surface area contributed by atoms with Crippen LogP contribution >= 0.6 is 23.1 Å². The highest BCUT2D eigenvalue weighted by Crippen LogP contribution is 2.46. The maximum atomic E-state index is 14.7. The van der Waals surface area contributed by atoms with Crippen LogP contribution in [0.1, 0.15) is 11.1 Å². The summed E-state index contributed by atoms with van der Waals surface area (Å²) in [4.78, 5) is 2.41. The number of thiophene rings is 1. The minimum atomic E-state index is -0.204. The van der Waals surface area contributed by atoms with E-state index in [2.05, 4.69) is 79.7 Å². The molecule has 2 aromatic heterocycles. The highest BCUT2D eigenvalue weighted by Gasteiger charge is 2.21. The molecule has 0 saturated heterocycles. The maximum Gasteiger partial charge on any atom is 0.131 e. The van der Waals surface area contributed by atoms with Gasteiger partial charge in [0.1, 0.15) is 16.9 Å². The maximum absolute atomic E-state index is 14.7. The van der Waals surface area contributed by atoms with Gasteiger partial charge in [-0.05, 0) is 65.1 Å². The Morgan fingerprint density at radius 2 is 1.15 bits per heavy atom. The molecule has 0 amide bonds. The monoisotopic (exact) mass is 542 g/mol. The van der Waals surface area contributed by atoms with E-state index in [0.29, 0.717) is 5.56 Å². The number of nitrogens with zero attached hydrogens (tertiary/aromatic N) is 2. The third-order valence-corrected chi connectivity index (χ3v) is 8.91. The third-order valence-electron chi connectivity index (χ3n) is 7.23. The van der Waals surface area contributed by atoms with E-state index in [1.807, 2.05) is 31.2 Å². The lowest BCUT2D eigenvalue weighted by Gasteiger charge is -2.13. The van der Waals surface area contributed by atoms with E-state index in [1.54, 1.807) is 17.4 Å². The Bertz CT molecular complexity index is 1980. The largest absolute Gasteiger partial charge is 0.206 e. The molecule has 39 heavy (non-hydrogen) atoms. The summed E-state index contributed by atoms with van der Waals surface area (Å²) in [6.45, 7) is 4.01. The molecule has 0 aliphatic heterocycles. The van der Waals surface area contributed by atoms with Gasteiger partial charge in [-0.2, -0.15) is 8.75 Å². The fourth-order valence-electron chi connectivity index (χ4n) is 5.25. The van der Waals surface area contributed by atoms with Crippen LogP contribution in [0.15, 0.2) is 103 Å². The van der Waals surface area contributed by atoms with Gasteiger partial charge in [0.05, 0.1) is 11.7 Å². The molecule has 0 saturated carbocycles. The number of aromatic nitrogens is 2. The summed E-state index contributed by atoms with van der Waals surface area (Å²) in [5, 5.41) is 2.28. The number of aryl methyl sites for hydroxylation is 2. The first-order valence-corrected chi connectivity index (χ1v) is 14.3. The molecular formula is C34H23FN2S2. The fourth-order valence-corrected chi connectivity index (χ4v) is 6.88. The van der Waals surface area contributed by atoms with Crippen LogP contribution in [0, 0.1) is 19.7 Å². The van der Waals surface area contributed by atoms with Crippen LogP contribution in [0.3, 0.4) is 0 Å². The van der Waals surface area contributed by atoms with Gasteiger partial charge in [-0.25, -0.2) is 4.39 Å². The summed E-state index contributed by atoms with van der Waals surface area (Å²) in [5.41, 5.74) is 9.88. The molecule has 5 aromatic carbocycles. The lowest BCUT2D eigenvalue weighted by atomic mass is 9.91. The quantitative estimate of drug-likeness (QED) is 0.221. The van der Waals surface area contributed by atoms with Crippen molar-refractivity contribution >= 4 is 44.9 Å². The van der Waals surface area contributed by atoms with Gasteiger partial charge < -0.3 is 0 Å². The summed E-state index contributed by atoms with van der Waals surface area (Å²) >= 11 is 3.03. The van der Waals surface area contributed by atoms with Crippen molar-refractivity contribution in [3.8, 4) is 43.1 Å². The summed E-state index contributed by atoms with van der Waals surface area (Å²) < 4.78 is 24.2. The zero-order valence-electron chi connectivity index (χ0n) is 21.4. The smallest absolute Gasteiger partial charge is 0.131 e. The first-order chi connectivity index (χ1) is 19.1. The molecule has 0 fully saturated rings. The average molecular weight is 543 g/mol. The Hall–Kier alpha value is -4.19. The Balaban J connectivity index is 1.39. The summed E-state index contributed by atoms with van der Waals surface area (Å²) in [6.07, 6.45) is 0. The first-order valence-electron chi connectivity index (χ1n) is 12.8. The molecule has 5 heteroatoms. The fraction of sp³-hybridized carbons (Fsp3) is 0.0588. The highest BCUT2D eigenvalue weighted by molar-refractivity contribution is 7.19. The molecule has 0 bridgehead atoms. The zero-order chi connectivity index (χ0) is 26.5. The molecule has 0 radical (unpaired) electrons. The van der Waals surface area contributed by atoms with Gasteiger partial charge in [0.15, 0.2) is 0 Å². The molecule has 0 N–H and O–H groups in total. The molecule has 7 rings (SSSR count). The molecule has 0 atom stereocenters. The van der Waals surface area contributed by atoms with Gasteiger partial charge in [-0.3, -0.25) is 0 Å². The third kappa shape index (κ3) is 4.15. The Kier molecular flexibility index (Phi) is 5.84. The molecule has 2 heterocycles. The van der Waals surface area contributed by atoms with Crippen molar-refractivity contribution in [3.63, 3.8) is 0 Å². The minimum absolute atomic E-state index is 0.204. The molecule has 188 valence electrons. The SMILES string of the molecule is Cc1ccc(-c2ccc(-c3c4ccccc4c(-c4ccc(-c5ccc(C)cc5F)cc4)c4nsnc34)s2)cc1. The molecule has 7 aromatic rings. The molecule has 0 aliphatic carbocycles. The molecule has 0 aliphatic rings. The zero-order valence-corrected chi connectivity index (χ0v) is 23.0. The predicted molar refractivity (Wildman–Crippen MR) is 164 cm³/mol. The number of rotatable bonds is 4. The minimum Gasteiger partial charge on any atom is -0.206 e. The number of hydrogen-bond donors (Lipinski definition) is 0. The van der Waals surface area contributed by atoms with E-state index in [1.165, 1.54) is 32.6 Å². The van der Waals surface area contributed by atoms with Crippen molar-refractivity contribution in [3.05, 3.63) is 120 Å². The first kappa shape index (κ1) is 23.9. The molecule has 0 unspecified atom stereocenters. The van der Waals surface area contributed by atoms with E-state index in [4.69, 9.17) is 8.75 Å². The molecular weight excluding hydrogens is 520 g/mol. The average Bonchev–Trinajstić information content (AvgIpc) is 3.63. The van der Waals surface area contributed by atoms with E-state index < -0.39 is 0 Å². The van der Waals surface area contributed by atoms with Gasteiger partial charge in [0.25, 0.3) is 0 Å². The molecule has 2 nitrogen and oxygen atoms in total. The lowest BCUT2D eigenvalue weighted by molar-refractivity contribution is 0.630. The van der Waals surface area contributed by atoms with Crippen LogP contribution in [-0.2, 0) is 0 Å². The Morgan fingerprint density at radius 1 is 0.564 bits per heavy atom. The molecule has 0 spiro atoms. The van der Waals surface area contributed by atoms with Crippen molar-refractivity contribution in [1.82, 2.24) is 8.75 Å². The second kappa shape index (κ2) is 9.53. The van der Waals surface area contributed by atoms with E-state index >= 15 is 0 Å². The van der Waals surface area contributed by atoms with Crippen LogP contribution < -0.4 is 0 Å². The van der Waals surface area contributed by atoms with E-state index in [0.717, 1.165) is 49.6 Å². The van der Waals surface area contributed by atoms with Gasteiger partial charge in [-0.1, -0.05) is 90.5 Å². The highest BCUT2D eigenvalue weighted by atomic mass is 32.1. The van der Waals surface area contributed by atoms with Crippen molar-refractivity contribution in [1.29, 1.82) is 0 Å². The van der Waals surface area contributed by atoms with Crippen LogP contribution in [0.4, 0.5) is 4.39 Å². The van der Waals surface area contributed by atoms with Gasteiger partial charge in [0, 0.05) is 26.4 Å². The van der Waals surface area contributed by atoms with Crippen LogP contribution in [0.25, 0.3) is 64.9 Å². The summed E-state index contributed by atoms with van der Waals surface area (Å²) in [7, 11) is 0. The number of benzene rings is 5. The van der Waals surface area contributed by atoms with Crippen LogP contribution in [0.5, 0.6) is 0 Å². The van der Waals surface area contributed by atoms with Crippen molar-refractivity contribution in [2.24, 2.45) is 0 Å². The normalized spacial score (nSPS) is 11.5. The van der Waals surface area contributed by atoms with Crippen LogP contribution in [0.2, 0.25) is 0 Å². The predicted octanol–water partition coefficient (Wildman–Crippen LogP) is 10.3.